The number of rotatable bonds is 4. The van der Waals surface area contributed by atoms with E-state index in [1.165, 1.54) is 0 Å². The summed E-state index contributed by atoms with van der Waals surface area (Å²) in [6.07, 6.45) is 1.62. The van der Waals surface area contributed by atoms with Gasteiger partial charge in [-0.2, -0.15) is 0 Å². The molecule has 1 heterocycles. The first kappa shape index (κ1) is 11.1. The third kappa shape index (κ3) is 2.61. The molecule has 1 aromatic rings. The van der Waals surface area contributed by atoms with Gasteiger partial charge >= 0.3 is 5.97 Å². The van der Waals surface area contributed by atoms with Crippen LogP contribution in [0.15, 0.2) is 30.3 Å². The second-order valence-electron chi connectivity index (χ2n) is 4.39. The molecular weight excluding hydrogens is 202 g/mol. The van der Waals surface area contributed by atoms with Crippen LogP contribution in [0.5, 0.6) is 0 Å². The van der Waals surface area contributed by atoms with E-state index in [1.54, 1.807) is 0 Å². The zero-order chi connectivity index (χ0) is 11.4. The molecule has 2 rings (SSSR count). The summed E-state index contributed by atoms with van der Waals surface area (Å²) in [6.45, 7) is 1.78. The molecule has 0 aromatic heterocycles. The molecule has 1 aliphatic heterocycles. The predicted octanol–water partition coefficient (Wildman–Crippen LogP) is 1.54. The topological polar surface area (TPSA) is 49.3 Å². The van der Waals surface area contributed by atoms with Gasteiger partial charge in [-0.05, 0) is 37.4 Å². The molecule has 0 amide bonds. The van der Waals surface area contributed by atoms with Gasteiger partial charge in [0, 0.05) is 0 Å². The molecule has 1 fully saturated rings. The maximum absolute atomic E-state index is 11.3. The fourth-order valence-electron chi connectivity index (χ4n) is 2.34. The van der Waals surface area contributed by atoms with E-state index in [0.29, 0.717) is 6.42 Å². The highest BCUT2D eigenvalue weighted by atomic mass is 16.4. The third-order valence-electron chi connectivity index (χ3n) is 3.28. The van der Waals surface area contributed by atoms with Gasteiger partial charge in [-0.3, -0.25) is 4.79 Å². The van der Waals surface area contributed by atoms with E-state index >= 15 is 0 Å². The van der Waals surface area contributed by atoms with E-state index in [2.05, 4.69) is 5.32 Å². The van der Waals surface area contributed by atoms with E-state index in [0.717, 1.165) is 25.1 Å². The van der Waals surface area contributed by atoms with Gasteiger partial charge in [0.1, 0.15) is 0 Å². The van der Waals surface area contributed by atoms with Crippen molar-refractivity contribution in [2.45, 2.75) is 12.8 Å². The lowest BCUT2D eigenvalue weighted by molar-refractivity contribution is -0.143. The van der Waals surface area contributed by atoms with Crippen LogP contribution in [0.4, 0.5) is 0 Å². The van der Waals surface area contributed by atoms with Crippen molar-refractivity contribution in [3.8, 4) is 0 Å². The van der Waals surface area contributed by atoms with Crippen LogP contribution < -0.4 is 5.32 Å². The molecule has 86 valence electrons. The summed E-state index contributed by atoms with van der Waals surface area (Å²) in [5.74, 6) is -0.646. The highest BCUT2D eigenvalue weighted by Gasteiger charge is 2.30. The first-order chi connectivity index (χ1) is 7.77. The van der Waals surface area contributed by atoms with E-state index < -0.39 is 5.97 Å². The van der Waals surface area contributed by atoms with Crippen molar-refractivity contribution in [3.05, 3.63) is 35.9 Å². The van der Waals surface area contributed by atoms with Gasteiger partial charge in [0.15, 0.2) is 0 Å². The Hall–Kier alpha value is -1.35. The summed E-state index contributed by atoms with van der Waals surface area (Å²) < 4.78 is 0. The van der Waals surface area contributed by atoms with Gasteiger partial charge in [-0.15, -0.1) is 0 Å². The molecule has 0 aliphatic carbocycles. The Bertz CT molecular complexity index is 344. The normalized spacial score (nSPS) is 21.9. The fourth-order valence-corrected chi connectivity index (χ4v) is 2.34. The molecule has 16 heavy (non-hydrogen) atoms. The van der Waals surface area contributed by atoms with Crippen LogP contribution in [-0.4, -0.2) is 24.2 Å². The molecular formula is C13H17NO2. The van der Waals surface area contributed by atoms with Crippen LogP contribution in [0, 0.1) is 11.8 Å². The van der Waals surface area contributed by atoms with Crippen molar-refractivity contribution in [2.75, 3.05) is 13.1 Å². The smallest absolute Gasteiger partial charge is 0.307 e. The van der Waals surface area contributed by atoms with Crippen LogP contribution >= 0.6 is 0 Å². The highest BCUT2D eigenvalue weighted by Crippen LogP contribution is 2.23. The molecule has 3 nitrogen and oxygen atoms in total. The summed E-state index contributed by atoms with van der Waals surface area (Å²) in [4.78, 5) is 11.3. The highest BCUT2D eigenvalue weighted by molar-refractivity contribution is 5.71. The van der Waals surface area contributed by atoms with Gasteiger partial charge in [-0.1, -0.05) is 30.3 Å². The third-order valence-corrected chi connectivity index (χ3v) is 3.28. The minimum absolute atomic E-state index is 0.252. The lowest BCUT2D eigenvalue weighted by Gasteiger charge is -2.18. The van der Waals surface area contributed by atoms with E-state index in [-0.39, 0.29) is 11.8 Å². The standard InChI is InChI=1S/C13H17NO2/c15-13(16)12(11-6-7-14-9-11)8-10-4-2-1-3-5-10/h1-5,11-12,14H,6-9H2,(H,15,16)/t11-,12?/m1/s1. The number of aliphatic carboxylic acids is 1. The first-order valence-electron chi connectivity index (χ1n) is 5.75. The average molecular weight is 219 g/mol. The molecule has 0 saturated carbocycles. The second-order valence-corrected chi connectivity index (χ2v) is 4.39. The summed E-state index contributed by atoms with van der Waals surface area (Å²) in [5.41, 5.74) is 1.11. The summed E-state index contributed by atoms with van der Waals surface area (Å²) in [7, 11) is 0. The first-order valence-corrected chi connectivity index (χ1v) is 5.75. The molecule has 2 N–H and O–H groups in total. The monoisotopic (exact) mass is 219 g/mol. The zero-order valence-corrected chi connectivity index (χ0v) is 9.23. The van der Waals surface area contributed by atoms with Crippen LogP contribution in [0.2, 0.25) is 0 Å². The second kappa shape index (κ2) is 5.12. The number of carboxylic acids is 1. The number of hydrogen-bond donors (Lipinski definition) is 2. The van der Waals surface area contributed by atoms with Crippen molar-refractivity contribution in [1.82, 2.24) is 5.32 Å². The minimum Gasteiger partial charge on any atom is -0.481 e. The van der Waals surface area contributed by atoms with Crippen molar-refractivity contribution in [3.63, 3.8) is 0 Å². The SMILES string of the molecule is O=C(O)C(Cc1ccccc1)[C@@H]1CCNC1. The van der Waals surface area contributed by atoms with Gasteiger partial charge in [-0.25, -0.2) is 0 Å². The Labute approximate surface area is 95.5 Å². The quantitative estimate of drug-likeness (QED) is 0.807. The summed E-state index contributed by atoms with van der Waals surface area (Å²) in [5, 5.41) is 12.5. The lowest BCUT2D eigenvalue weighted by Crippen LogP contribution is -2.27. The minimum atomic E-state index is -0.669. The van der Waals surface area contributed by atoms with E-state index in [1.807, 2.05) is 30.3 Å². The number of carboxylic acid groups (broad SMARTS) is 1. The van der Waals surface area contributed by atoms with Gasteiger partial charge in [0.05, 0.1) is 5.92 Å². The molecule has 0 radical (unpaired) electrons. The predicted molar refractivity (Wildman–Crippen MR) is 62.2 cm³/mol. The number of hydrogen-bond acceptors (Lipinski definition) is 2. The molecule has 0 bridgehead atoms. The largest absolute Gasteiger partial charge is 0.481 e. The van der Waals surface area contributed by atoms with Crippen LogP contribution in [0.1, 0.15) is 12.0 Å². The number of carbonyl (C=O) groups is 1. The maximum atomic E-state index is 11.3. The Kier molecular flexibility index (Phi) is 3.57. The Morgan fingerprint density at radius 3 is 2.75 bits per heavy atom. The lowest BCUT2D eigenvalue weighted by atomic mass is 9.86. The Morgan fingerprint density at radius 2 is 2.19 bits per heavy atom. The average Bonchev–Trinajstić information content (AvgIpc) is 2.80. The molecule has 3 heteroatoms. The Balaban J connectivity index is 2.05. The molecule has 1 aliphatic rings. The van der Waals surface area contributed by atoms with E-state index in [9.17, 15) is 9.90 Å². The van der Waals surface area contributed by atoms with Crippen molar-refractivity contribution in [1.29, 1.82) is 0 Å². The number of nitrogens with one attached hydrogen (secondary N) is 1. The van der Waals surface area contributed by atoms with E-state index in [4.69, 9.17) is 0 Å². The van der Waals surface area contributed by atoms with Gasteiger partial charge < -0.3 is 10.4 Å². The molecule has 2 atom stereocenters. The molecule has 1 aromatic carbocycles. The fraction of sp³-hybridized carbons (Fsp3) is 0.462. The Morgan fingerprint density at radius 1 is 1.44 bits per heavy atom. The van der Waals surface area contributed by atoms with Gasteiger partial charge in [0.25, 0.3) is 0 Å². The molecule has 1 unspecified atom stereocenters. The van der Waals surface area contributed by atoms with Crippen molar-refractivity contribution in [2.24, 2.45) is 11.8 Å². The summed E-state index contributed by atoms with van der Waals surface area (Å²) >= 11 is 0. The molecule has 0 spiro atoms. The van der Waals surface area contributed by atoms with Crippen LogP contribution in [0.3, 0.4) is 0 Å². The summed E-state index contributed by atoms with van der Waals surface area (Å²) in [6, 6.07) is 9.87. The maximum Gasteiger partial charge on any atom is 0.307 e. The van der Waals surface area contributed by atoms with Crippen LogP contribution in [-0.2, 0) is 11.2 Å². The number of benzene rings is 1. The van der Waals surface area contributed by atoms with Crippen molar-refractivity contribution >= 4 is 5.97 Å². The zero-order valence-electron chi connectivity index (χ0n) is 9.23. The molecule has 1 saturated heterocycles. The van der Waals surface area contributed by atoms with Crippen molar-refractivity contribution < 1.29 is 9.90 Å². The van der Waals surface area contributed by atoms with Gasteiger partial charge in [0.2, 0.25) is 0 Å². The van der Waals surface area contributed by atoms with Crippen LogP contribution in [0.25, 0.3) is 0 Å².